The molecular weight excluding hydrogens is 380 g/mol. The number of hydrogen-bond donors (Lipinski definition) is 0. The van der Waals surface area contributed by atoms with E-state index in [2.05, 4.69) is 24.0 Å². The zero-order valence-corrected chi connectivity index (χ0v) is 16.4. The Kier molecular flexibility index (Phi) is 6.15. The number of nitro benzene ring substituents is 1. The number of nitrogens with zero attached hydrogens (tertiary/aromatic N) is 4. The van der Waals surface area contributed by atoms with Crippen LogP contribution < -0.4 is 0 Å². The van der Waals surface area contributed by atoms with E-state index in [4.69, 9.17) is 4.52 Å². The predicted octanol–water partition coefficient (Wildman–Crippen LogP) is 4.05. The summed E-state index contributed by atoms with van der Waals surface area (Å²) in [6.45, 7) is 5.19. The summed E-state index contributed by atoms with van der Waals surface area (Å²) in [5.41, 5.74) is 0.478. The zero-order valence-electron chi connectivity index (χ0n) is 15.6. The van der Waals surface area contributed by atoms with Crippen LogP contribution in [0.1, 0.15) is 29.4 Å². The topological polar surface area (TPSA) is 102 Å². The molecule has 9 heteroatoms. The highest BCUT2D eigenvalue weighted by Crippen LogP contribution is 2.21. The summed E-state index contributed by atoms with van der Waals surface area (Å²) in [6, 6.07) is 9.74. The van der Waals surface area contributed by atoms with Gasteiger partial charge in [0.05, 0.1) is 9.80 Å². The molecule has 2 heterocycles. The summed E-state index contributed by atoms with van der Waals surface area (Å²) in [4.78, 5) is 30.0. The lowest BCUT2D eigenvalue weighted by atomic mass is 10.2. The van der Waals surface area contributed by atoms with E-state index >= 15 is 0 Å². The number of amides is 1. The Bertz CT molecular complexity index is 953. The first kappa shape index (κ1) is 19.7. The minimum atomic E-state index is -0.468. The molecule has 8 nitrogen and oxygen atoms in total. The van der Waals surface area contributed by atoms with Gasteiger partial charge in [-0.1, -0.05) is 37.2 Å². The van der Waals surface area contributed by atoms with Crippen molar-refractivity contribution in [2.45, 2.75) is 20.3 Å². The van der Waals surface area contributed by atoms with Gasteiger partial charge < -0.3 is 9.42 Å². The van der Waals surface area contributed by atoms with Crippen LogP contribution in [-0.4, -0.2) is 39.0 Å². The molecule has 2 aromatic heterocycles. The Labute approximate surface area is 165 Å². The van der Waals surface area contributed by atoms with Crippen molar-refractivity contribution >= 4 is 22.9 Å². The monoisotopic (exact) mass is 400 g/mol. The van der Waals surface area contributed by atoms with Gasteiger partial charge in [-0.05, 0) is 17.4 Å². The number of carbonyl (C=O) groups excluding carboxylic acids is 1. The molecule has 0 spiro atoms. The molecule has 0 aliphatic heterocycles. The second-order valence-corrected chi connectivity index (χ2v) is 7.64. The van der Waals surface area contributed by atoms with Crippen LogP contribution in [0.15, 0.2) is 46.3 Å². The van der Waals surface area contributed by atoms with Crippen LogP contribution in [0.4, 0.5) is 5.69 Å². The van der Waals surface area contributed by atoms with Crippen LogP contribution in [0, 0.1) is 16.0 Å². The van der Waals surface area contributed by atoms with Crippen LogP contribution in [0.2, 0.25) is 0 Å². The zero-order chi connectivity index (χ0) is 20.1. The second kappa shape index (κ2) is 8.75. The standard InChI is InChI=1S/C19H20N4O4S/c1-13(2)12-22(19(24)16-7-4-10-28-16)9-8-17-20-18(21-27-17)14-5-3-6-15(11-14)23(25)26/h3-7,10-11,13H,8-9,12H2,1-2H3. The minimum Gasteiger partial charge on any atom is -0.339 e. The third-order valence-corrected chi connectivity index (χ3v) is 4.84. The summed E-state index contributed by atoms with van der Waals surface area (Å²) in [5, 5.41) is 16.7. The van der Waals surface area contributed by atoms with Crippen molar-refractivity contribution < 1.29 is 14.2 Å². The second-order valence-electron chi connectivity index (χ2n) is 6.69. The Morgan fingerprint density at radius 1 is 1.32 bits per heavy atom. The normalized spacial score (nSPS) is 11.0. The molecule has 1 amide bonds. The largest absolute Gasteiger partial charge is 0.339 e. The van der Waals surface area contributed by atoms with Crippen molar-refractivity contribution in [1.29, 1.82) is 0 Å². The van der Waals surface area contributed by atoms with Crippen molar-refractivity contribution in [2.75, 3.05) is 13.1 Å². The van der Waals surface area contributed by atoms with Gasteiger partial charge in [0.2, 0.25) is 11.7 Å². The maximum absolute atomic E-state index is 12.7. The predicted molar refractivity (Wildman–Crippen MR) is 105 cm³/mol. The SMILES string of the molecule is CC(C)CN(CCc1nc(-c2cccc([N+](=O)[O-])c2)no1)C(=O)c1cccs1. The molecule has 28 heavy (non-hydrogen) atoms. The molecule has 0 saturated carbocycles. The summed E-state index contributed by atoms with van der Waals surface area (Å²) >= 11 is 1.42. The molecule has 0 aliphatic rings. The fraction of sp³-hybridized carbons (Fsp3) is 0.316. The van der Waals surface area contributed by atoms with Crippen molar-refractivity contribution in [3.63, 3.8) is 0 Å². The maximum Gasteiger partial charge on any atom is 0.270 e. The van der Waals surface area contributed by atoms with E-state index in [1.807, 2.05) is 17.5 Å². The minimum absolute atomic E-state index is 0.0119. The number of benzene rings is 1. The highest BCUT2D eigenvalue weighted by Gasteiger charge is 2.19. The molecule has 0 radical (unpaired) electrons. The van der Waals surface area contributed by atoms with Gasteiger partial charge in [0.1, 0.15) is 0 Å². The van der Waals surface area contributed by atoms with Gasteiger partial charge in [0, 0.05) is 37.2 Å². The number of hydrogen-bond acceptors (Lipinski definition) is 7. The van der Waals surface area contributed by atoms with Crippen LogP contribution in [0.3, 0.4) is 0 Å². The Balaban J connectivity index is 1.70. The summed E-state index contributed by atoms with van der Waals surface area (Å²) in [5.74, 6) is 0.988. The number of rotatable bonds is 8. The molecule has 146 valence electrons. The quantitative estimate of drug-likeness (QED) is 0.417. The van der Waals surface area contributed by atoms with Gasteiger partial charge in [-0.2, -0.15) is 4.98 Å². The van der Waals surface area contributed by atoms with Crippen LogP contribution in [-0.2, 0) is 6.42 Å². The fourth-order valence-electron chi connectivity index (χ4n) is 2.74. The van der Waals surface area contributed by atoms with E-state index in [0.29, 0.717) is 47.6 Å². The molecule has 0 bridgehead atoms. The third-order valence-electron chi connectivity index (χ3n) is 3.98. The lowest BCUT2D eigenvalue weighted by Gasteiger charge is -2.23. The highest BCUT2D eigenvalue weighted by atomic mass is 32.1. The molecular formula is C19H20N4O4S. The average molecular weight is 400 g/mol. The molecule has 1 aromatic carbocycles. The first-order valence-electron chi connectivity index (χ1n) is 8.84. The molecule has 3 rings (SSSR count). The third kappa shape index (κ3) is 4.80. The van der Waals surface area contributed by atoms with Crippen LogP contribution in [0.5, 0.6) is 0 Å². The van der Waals surface area contributed by atoms with Crippen LogP contribution in [0.25, 0.3) is 11.4 Å². The Hall–Kier alpha value is -3.07. The molecule has 0 unspecified atom stereocenters. The summed E-state index contributed by atoms with van der Waals surface area (Å²) in [7, 11) is 0. The van der Waals surface area contributed by atoms with Gasteiger partial charge in [0.25, 0.3) is 11.6 Å². The average Bonchev–Trinajstić information content (AvgIpc) is 3.36. The van der Waals surface area contributed by atoms with E-state index in [-0.39, 0.29) is 11.6 Å². The summed E-state index contributed by atoms with van der Waals surface area (Å²) < 4.78 is 5.28. The molecule has 0 fully saturated rings. The Morgan fingerprint density at radius 3 is 2.82 bits per heavy atom. The van der Waals surface area contributed by atoms with Gasteiger partial charge >= 0.3 is 0 Å². The highest BCUT2D eigenvalue weighted by molar-refractivity contribution is 7.12. The van der Waals surface area contributed by atoms with Crippen molar-refractivity contribution in [1.82, 2.24) is 15.0 Å². The molecule has 0 atom stereocenters. The van der Waals surface area contributed by atoms with Gasteiger partial charge in [-0.15, -0.1) is 11.3 Å². The number of thiophene rings is 1. The van der Waals surface area contributed by atoms with Gasteiger partial charge in [-0.3, -0.25) is 14.9 Å². The van der Waals surface area contributed by atoms with Crippen LogP contribution >= 0.6 is 11.3 Å². The summed E-state index contributed by atoms with van der Waals surface area (Å²) in [6.07, 6.45) is 0.408. The van der Waals surface area contributed by atoms with Crippen molar-refractivity contribution in [3.8, 4) is 11.4 Å². The van der Waals surface area contributed by atoms with Gasteiger partial charge in [-0.25, -0.2) is 0 Å². The lowest BCUT2D eigenvalue weighted by Crippen LogP contribution is -2.35. The molecule has 0 saturated heterocycles. The van der Waals surface area contributed by atoms with E-state index < -0.39 is 4.92 Å². The molecule has 0 aliphatic carbocycles. The maximum atomic E-state index is 12.7. The number of non-ortho nitro benzene ring substituents is 1. The smallest absolute Gasteiger partial charge is 0.270 e. The number of aromatic nitrogens is 2. The Morgan fingerprint density at radius 2 is 2.14 bits per heavy atom. The lowest BCUT2D eigenvalue weighted by molar-refractivity contribution is -0.384. The number of carbonyl (C=O) groups is 1. The number of nitro groups is 1. The van der Waals surface area contributed by atoms with E-state index in [0.717, 1.165) is 0 Å². The van der Waals surface area contributed by atoms with E-state index in [1.54, 1.807) is 17.0 Å². The van der Waals surface area contributed by atoms with Gasteiger partial charge in [0.15, 0.2) is 0 Å². The molecule has 0 N–H and O–H groups in total. The van der Waals surface area contributed by atoms with Crippen molar-refractivity contribution in [3.05, 3.63) is 62.7 Å². The molecule has 3 aromatic rings. The van der Waals surface area contributed by atoms with Crippen molar-refractivity contribution in [2.24, 2.45) is 5.92 Å². The fourth-order valence-corrected chi connectivity index (χ4v) is 3.43. The first-order chi connectivity index (χ1) is 13.4. The van der Waals surface area contributed by atoms with E-state index in [1.165, 1.54) is 23.5 Å². The van der Waals surface area contributed by atoms with E-state index in [9.17, 15) is 14.9 Å². The first-order valence-corrected chi connectivity index (χ1v) is 9.72.